The smallest absolute Gasteiger partial charge is 0.119 e. The minimum absolute atomic E-state index is 0.360. The lowest BCUT2D eigenvalue weighted by Gasteiger charge is -2.17. The van der Waals surface area contributed by atoms with Crippen LogP contribution in [0.4, 0.5) is 5.69 Å². The van der Waals surface area contributed by atoms with Crippen LogP contribution >= 0.6 is 0 Å². The van der Waals surface area contributed by atoms with Crippen molar-refractivity contribution in [2.24, 2.45) is 5.84 Å². The number of aryl methyl sites for hydroxylation is 1. The number of hydrogen-bond acceptors (Lipinski definition) is 4. The predicted molar refractivity (Wildman–Crippen MR) is 74.9 cm³/mol. The van der Waals surface area contributed by atoms with E-state index in [1.54, 1.807) is 7.11 Å². The first-order chi connectivity index (χ1) is 8.58. The fraction of sp³-hybridized carbons (Fsp3) is 0.357. The zero-order chi connectivity index (χ0) is 13.3. The topological polar surface area (TPSA) is 60.2 Å². The first-order valence-electron chi connectivity index (χ1n) is 6.03. The average Bonchev–Trinajstić information content (AvgIpc) is 2.36. The number of methoxy groups -OCH3 is 1. The number of nitrogens with two attached hydrogens (primary N) is 1. The first kappa shape index (κ1) is 12.6. The third-order valence-corrected chi connectivity index (χ3v) is 3.14. The molecule has 0 aliphatic heterocycles. The standard InChI is InChI=1S/C14H19N3O/c1-8(2)13-9(3)16-12-6-5-10(18-4)7-11(12)14(13)17-15/h5-8H,15H2,1-4H3,(H,16,17). The molecule has 2 aromatic rings. The van der Waals surface area contributed by atoms with Gasteiger partial charge < -0.3 is 10.2 Å². The molecule has 0 unspecified atom stereocenters. The summed E-state index contributed by atoms with van der Waals surface area (Å²) in [7, 11) is 1.65. The zero-order valence-electron chi connectivity index (χ0n) is 11.2. The molecule has 0 atom stereocenters. The van der Waals surface area contributed by atoms with Gasteiger partial charge in [0.1, 0.15) is 5.75 Å². The predicted octanol–water partition coefficient (Wildman–Crippen LogP) is 2.96. The summed E-state index contributed by atoms with van der Waals surface area (Å²) in [4.78, 5) is 4.63. The highest BCUT2D eigenvalue weighted by Crippen LogP contribution is 2.34. The van der Waals surface area contributed by atoms with E-state index in [1.807, 2.05) is 25.1 Å². The van der Waals surface area contributed by atoms with E-state index in [1.165, 1.54) is 0 Å². The van der Waals surface area contributed by atoms with Gasteiger partial charge in [0.15, 0.2) is 0 Å². The summed E-state index contributed by atoms with van der Waals surface area (Å²) < 4.78 is 5.26. The molecule has 3 N–H and O–H groups in total. The van der Waals surface area contributed by atoms with Crippen LogP contribution in [0.25, 0.3) is 10.9 Å². The molecule has 2 rings (SSSR count). The highest BCUT2D eigenvalue weighted by Gasteiger charge is 2.15. The van der Waals surface area contributed by atoms with E-state index >= 15 is 0 Å². The second-order valence-corrected chi connectivity index (χ2v) is 4.67. The van der Waals surface area contributed by atoms with E-state index in [2.05, 4.69) is 24.3 Å². The number of rotatable bonds is 3. The normalized spacial score (nSPS) is 11.0. The van der Waals surface area contributed by atoms with Gasteiger partial charge in [0.05, 0.1) is 18.3 Å². The van der Waals surface area contributed by atoms with E-state index in [0.29, 0.717) is 5.92 Å². The fourth-order valence-corrected chi connectivity index (χ4v) is 2.37. The summed E-state index contributed by atoms with van der Waals surface area (Å²) in [5, 5.41) is 0.992. The molecule has 0 spiro atoms. The van der Waals surface area contributed by atoms with Gasteiger partial charge >= 0.3 is 0 Å². The quantitative estimate of drug-likeness (QED) is 0.644. The Morgan fingerprint density at radius 1 is 1.33 bits per heavy atom. The van der Waals surface area contributed by atoms with Crippen molar-refractivity contribution in [2.75, 3.05) is 12.5 Å². The number of pyridine rings is 1. The third-order valence-electron chi connectivity index (χ3n) is 3.14. The molecule has 0 radical (unpaired) electrons. The Hall–Kier alpha value is -1.81. The van der Waals surface area contributed by atoms with Crippen molar-refractivity contribution in [3.05, 3.63) is 29.5 Å². The van der Waals surface area contributed by atoms with E-state index in [-0.39, 0.29) is 0 Å². The molecule has 0 fully saturated rings. The summed E-state index contributed by atoms with van der Waals surface area (Å²) in [6.07, 6.45) is 0. The van der Waals surface area contributed by atoms with Gasteiger partial charge in [0.2, 0.25) is 0 Å². The Morgan fingerprint density at radius 2 is 2.06 bits per heavy atom. The first-order valence-corrected chi connectivity index (χ1v) is 6.03. The Balaban J connectivity index is 2.82. The summed E-state index contributed by atoms with van der Waals surface area (Å²) in [5.41, 5.74) is 6.84. The van der Waals surface area contributed by atoms with Crippen LogP contribution in [0.1, 0.15) is 31.0 Å². The van der Waals surface area contributed by atoms with Crippen LogP contribution in [0.2, 0.25) is 0 Å². The molecule has 1 heterocycles. The van der Waals surface area contributed by atoms with Crippen LogP contribution in [0.15, 0.2) is 18.2 Å². The molecule has 18 heavy (non-hydrogen) atoms. The minimum Gasteiger partial charge on any atom is -0.497 e. The van der Waals surface area contributed by atoms with Gasteiger partial charge in [-0.15, -0.1) is 0 Å². The highest BCUT2D eigenvalue weighted by molar-refractivity contribution is 5.94. The lowest BCUT2D eigenvalue weighted by Crippen LogP contribution is -2.12. The fourth-order valence-electron chi connectivity index (χ4n) is 2.37. The number of hydrazine groups is 1. The molecule has 4 nitrogen and oxygen atoms in total. The molecule has 0 saturated carbocycles. The average molecular weight is 245 g/mol. The Bertz CT molecular complexity index is 579. The molecule has 0 aliphatic rings. The number of aromatic nitrogens is 1. The molecule has 4 heteroatoms. The number of fused-ring (bicyclic) bond motifs is 1. The molecule has 1 aromatic heterocycles. The Labute approximate surface area is 107 Å². The second-order valence-electron chi connectivity index (χ2n) is 4.67. The van der Waals surface area contributed by atoms with Gasteiger partial charge in [0.25, 0.3) is 0 Å². The molecule has 96 valence electrons. The van der Waals surface area contributed by atoms with Crippen LogP contribution in [0, 0.1) is 6.92 Å². The van der Waals surface area contributed by atoms with Crippen molar-refractivity contribution in [3.63, 3.8) is 0 Å². The maximum atomic E-state index is 5.70. The number of anilines is 1. The Kier molecular flexibility index (Phi) is 3.39. The zero-order valence-corrected chi connectivity index (χ0v) is 11.2. The van der Waals surface area contributed by atoms with Gasteiger partial charge in [-0.05, 0) is 31.0 Å². The molecular weight excluding hydrogens is 226 g/mol. The summed E-state index contributed by atoms with van der Waals surface area (Å²) in [6.45, 7) is 6.29. The number of benzene rings is 1. The van der Waals surface area contributed by atoms with Crippen molar-refractivity contribution in [1.29, 1.82) is 0 Å². The van der Waals surface area contributed by atoms with Crippen molar-refractivity contribution >= 4 is 16.6 Å². The number of nitrogens with zero attached hydrogens (tertiary/aromatic N) is 1. The van der Waals surface area contributed by atoms with Gasteiger partial charge in [-0.1, -0.05) is 13.8 Å². The SMILES string of the molecule is COc1ccc2nc(C)c(C(C)C)c(NN)c2c1. The van der Waals surface area contributed by atoms with Crippen molar-refractivity contribution in [2.45, 2.75) is 26.7 Å². The van der Waals surface area contributed by atoms with E-state index in [9.17, 15) is 0 Å². The maximum Gasteiger partial charge on any atom is 0.119 e. The summed E-state index contributed by atoms with van der Waals surface area (Å²) >= 11 is 0. The van der Waals surface area contributed by atoms with Gasteiger partial charge in [-0.25, -0.2) is 0 Å². The lowest BCUT2D eigenvalue weighted by atomic mass is 9.97. The highest BCUT2D eigenvalue weighted by atomic mass is 16.5. The molecule has 1 aromatic carbocycles. The third kappa shape index (κ3) is 1.99. The molecule has 0 saturated heterocycles. The van der Waals surface area contributed by atoms with Crippen LogP contribution < -0.4 is 16.0 Å². The summed E-state index contributed by atoms with van der Waals surface area (Å²) in [6, 6.07) is 5.82. The lowest BCUT2D eigenvalue weighted by molar-refractivity contribution is 0.415. The van der Waals surface area contributed by atoms with Crippen molar-refractivity contribution in [1.82, 2.24) is 4.98 Å². The maximum absolute atomic E-state index is 5.70. The number of nitrogen functional groups attached to an aromatic ring is 1. The van der Waals surface area contributed by atoms with Crippen LogP contribution in [-0.2, 0) is 0 Å². The van der Waals surface area contributed by atoms with Gasteiger partial charge in [0, 0.05) is 16.6 Å². The van der Waals surface area contributed by atoms with E-state index in [0.717, 1.165) is 33.6 Å². The van der Waals surface area contributed by atoms with Gasteiger partial charge in [-0.3, -0.25) is 10.8 Å². The van der Waals surface area contributed by atoms with Crippen molar-refractivity contribution in [3.8, 4) is 5.75 Å². The molecular formula is C14H19N3O. The monoisotopic (exact) mass is 245 g/mol. The molecule has 0 amide bonds. The Morgan fingerprint density at radius 3 is 2.61 bits per heavy atom. The summed E-state index contributed by atoms with van der Waals surface area (Å²) in [5.74, 6) is 6.86. The number of hydrogen-bond donors (Lipinski definition) is 2. The van der Waals surface area contributed by atoms with E-state index < -0.39 is 0 Å². The van der Waals surface area contributed by atoms with E-state index in [4.69, 9.17) is 10.6 Å². The van der Waals surface area contributed by atoms with Crippen LogP contribution in [-0.4, -0.2) is 12.1 Å². The molecule has 0 bridgehead atoms. The van der Waals surface area contributed by atoms with Crippen LogP contribution in [0.5, 0.6) is 5.75 Å². The van der Waals surface area contributed by atoms with Gasteiger partial charge in [-0.2, -0.15) is 0 Å². The largest absolute Gasteiger partial charge is 0.497 e. The molecule has 0 aliphatic carbocycles. The second kappa shape index (κ2) is 4.82. The minimum atomic E-state index is 0.360. The van der Waals surface area contributed by atoms with Crippen molar-refractivity contribution < 1.29 is 4.74 Å². The van der Waals surface area contributed by atoms with Crippen LogP contribution in [0.3, 0.4) is 0 Å². The number of nitrogens with one attached hydrogen (secondary N) is 1. The number of ether oxygens (including phenoxy) is 1.